The van der Waals surface area contributed by atoms with E-state index in [0.29, 0.717) is 16.3 Å². The minimum Gasteiger partial charge on any atom is -0.497 e. The second-order valence-electron chi connectivity index (χ2n) is 5.11. The predicted octanol–water partition coefficient (Wildman–Crippen LogP) is 5.17. The van der Waals surface area contributed by atoms with Gasteiger partial charge in [0.1, 0.15) is 5.75 Å². The summed E-state index contributed by atoms with van der Waals surface area (Å²) < 4.78 is 5.28. The maximum absolute atomic E-state index is 12.5. The molecule has 0 aliphatic heterocycles. The lowest BCUT2D eigenvalue weighted by molar-refractivity contribution is -0.391. The van der Waals surface area contributed by atoms with Crippen molar-refractivity contribution in [2.75, 3.05) is 12.4 Å². The Labute approximate surface area is 177 Å². The van der Waals surface area contributed by atoms with E-state index < -0.39 is 16.6 Å². The standard InChI is InChI=1S/C16H10Cl2N4O4S2/c1-26-9-4-2-3-8(5-9)20-14(23)15-21-13(22(24)25)16(28-15)27-12-10(17)6-19-7-11(12)18/h2-7H,1H3,(H,20,23). The number of nitrogens with one attached hydrogen (secondary N) is 1. The van der Waals surface area contributed by atoms with E-state index in [1.165, 1.54) is 19.5 Å². The van der Waals surface area contributed by atoms with Gasteiger partial charge >= 0.3 is 11.7 Å². The summed E-state index contributed by atoms with van der Waals surface area (Å²) in [5.41, 5.74) is 0.469. The lowest BCUT2D eigenvalue weighted by atomic mass is 10.3. The maximum Gasteiger partial charge on any atom is 0.389 e. The molecule has 0 atom stereocenters. The van der Waals surface area contributed by atoms with Crippen molar-refractivity contribution in [1.29, 1.82) is 0 Å². The number of carbonyl (C=O) groups excluding carboxylic acids is 1. The Bertz CT molecular complexity index is 1040. The van der Waals surface area contributed by atoms with E-state index in [2.05, 4.69) is 15.3 Å². The van der Waals surface area contributed by atoms with Crippen LogP contribution in [0.15, 0.2) is 45.8 Å². The van der Waals surface area contributed by atoms with Crippen LogP contribution >= 0.6 is 46.3 Å². The molecule has 0 saturated carbocycles. The molecule has 0 bridgehead atoms. The first-order valence-electron chi connectivity index (χ1n) is 7.46. The van der Waals surface area contributed by atoms with E-state index in [1.54, 1.807) is 24.3 Å². The van der Waals surface area contributed by atoms with Crippen molar-refractivity contribution in [3.63, 3.8) is 0 Å². The van der Waals surface area contributed by atoms with E-state index >= 15 is 0 Å². The molecule has 1 amide bonds. The van der Waals surface area contributed by atoms with Crippen molar-refractivity contribution < 1.29 is 14.5 Å². The molecule has 0 aliphatic carbocycles. The zero-order chi connectivity index (χ0) is 20.3. The number of hydrogen-bond acceptors (Lipinski definition) is 8. The van der Waals surface area contributed by atoms with Crippen LogP contribution in [0.2, 0.25) is 10.0 Å². The van der Waals surface area contributed by atoms with Crippen LogP contribution in [-0.2, 0) is 0 Å². The van der Waals surface area contributed by atoms with Gasteiger partial charge in [-0.15, -0.1) is 0 Å². The van der Waals surface area contributed by atoms with Crippen LogP contribution in [0.4, 0.5) is 11.5 Å². The number of halogens is 2. The fourth-order valence-electron chi connectivity index (χ4n) is 2.05. The molecule has 1 N–H and O–H groups in total. The first-order valence-corrected chi connectivity index (χ1v) is 9.85. The van der Waals surface area contributed by atoms with Gasteiger partial charge in [-0.25, -0.2) is 0 Å². The Kier molecular flexibility index (Phi) is 6.35. The molecule has 2 heterocycles. The van der Waals surface area contributed by atoms with Gasteiger partial charge in [0, 0.05) is 24.1 Å². The van der Waals surface area contributed by atoms with Gasteiger partial charge < -0.3 is 20.2 Å². The third kappa shape index (κ3) is 4.53. The summed E-state index contributed by atoms with van der Waals surface area (Å²) in [6.45, 7) is 0. The predicted molar refractivity (Wildman–Crippen MR) is 108 cm³/mol. The number of amides is 1. The summed E-state index contributed by atoms with van der Waals surface area (Å²) in [4.78, 5) is 31.3. The number of benzene rings is 1. The minimum atomic E-state index is -0.663. The van der Waals surface area contributed by atoms with Crippen LogP contribution in [0.1, 0.15) is 9.80 Å². The van der Waals surface area contributed by atoms with Crippen LogP contribution in [-0.4, -0.2) is 27.9 Å². The van der Waals surface area contributed by atoms with Crippen molar-refractivity contribution in [2.45, 2.75) is 9.10 Å². The third-order valence-corrected chi connectivity index (χ3v) is 6.43. The molecule has 0 radical (unpaired) electrons. The Morgan fingerprint density at radius 1 is 1.32 bits per heavy atom. The van der Waals surface area contributed by atoms with Gasteiger partial charge in [-0.1, -0.05) is 52.4 Å². The van der Waals surface area contributed by atoms with Crippen LogP contribution in [0, 0.1) is 10.1 Å². The van der Waals surface area contributed by atoms with Crippen LogP contribution < -0.4 is 10.1 Å². The largest absolute Gasteiger partial charge is 0.497 e. The monoisotopic (exact) mass is 456 g/mol. The normalized spacial score (nSPS) is 10.5. The summed E-state index contributed by atoms with van der Waals surface area (Å²) >= 11 is 14.0. The SMILES string of the molecule is COc1cccc(NC(=O)c2nc([N+](=O)[O-])c(Sc3c(Cl)cncc3Cl)s2)c1. The highest BCUT2D eigenvalue weighted by Gasteiger charge is 2.29. The van der Waals surface area contributed by atoms with Crippen molar-refractivity contribution >= 4 is 63.7 Å². The van der Waals surface area contributed by atoms with Crippen LogP contribution in [0.5, 0.6) is 5.75 Å². The molecule has 1 aromatic carbocycles. The molecule has 0 unspecified atom stereocenters. The average molecular weight is 457 g/mol. The van der Waals surface area contributed by atoms with Crippen LogP contribution in [0.25, 0.3) is 0 Å². The molecule has 0 aliphatic rings. The summed E-state index contributed by atoms with van der Waals surface area (Å²) in [6, 6.07) is 6.70. The van der Waals surface area contributed by atoms with Gasteiger partial charge in [-0.2, -0.15) is 0 Å². The Hall–Kier alpha value is -2.40. The molecule has 28 heavy (non-hydrogen) atoms. The number of nitrogens with zero attached hydrogens (tertiary/aromatic N) is 3. The molecule has 3 aromatic rings. The fourth-order valence-corrected chi connectivity index (χ4v) is 4.66. The zero-order valence-electron chi connectivity index (χ0n) is 14.0. The fraction of sp³-hybridized carbons (Fsp3) is 0.0625. The first kappa shape index (κ1) is 20.3. The molecule has 2 aromatic heterocycles. The average Bonchev–Trinajstić information content (AvgIpc) is 3.09. The van der Waals surface area contributed by atoms with Crippen LogP contribution in [0.3, 0.4) is 0 Å². The topological polar surface area (TPSA) is 107 Å². The van der Waals surface area contributed by atoms with Gasteiger partial charge in [0.2, 0.25) is 0 Å². The van der Waals surface area contributed by atoms with Gasteiger partial charge in [0.15, 0.2) is 4.21 Å². The van der Waals surface area contributed by atoms with Crippen molar-refractivity contribution in [2.24, 2.45) is 0 Å². The summed E-state index contributed by atoms with van der Waals surface area (Å²) in [5, 5.41) is 14.4. The maximum atomic E-state index is 12.5. The van der Waals surface area contributed by atoms with Gasteiger partial charge in [-0.05, 0) is 22.0 Å². The molecule has 0 spiro atoms. The Morgan fingerprint density at radius 3 is 2.68 bits per heavy atom. The number of hydrogen-bond donors (Lipinski definition) is 1. The number of thiazole rings is 1. The summed E-state index contributed by atoms with van der Waals surface area (Å²) in [7, 11) is 1.50. The number of anilines is 1. The zero-order valence-corrected chi connectivity index (χ0v) is 17.2. The molecule has 3 rings (SSSR count). The molecule has 12 heteroatoms. The number of pyridine rings is 1. The smallest absolute Gasteiger partial charge is 0.389 e. The van der Waals surface area contributed by atoms with E-state index in [4.69, 9.17) is 27.9 Å². The number of methoxy groups -OCH3 is 1. The molecular formula is C16H10Cl2N4O4S2. The van der Waals surface area contributed by atoms with E-state index in [9.17, 15) is 14.9 Å². The first-order chi connectivity index (χ1) is 13.4. The highest BCUT2D eigenvalue weighted by atomic mass is 35.5. The van der Waals surface area contributed by atoms with E-state index in [-0.39, 0.29) is 19.3 Å². The quantitative estimate of drug-likeness (QED) is 0.402. The number of rotatable bonds is 6. The lowest BCUT2D eigenvalue weighted by Crippen LogP contribution is -2.11. The highest BCUT2D eigenvalue weighted by molar-refractivity contribution is 8.01. The Balaban J connectivity index is 1.89. The third-order valence-electron chi connectivity index (χ3n) is 3.28. The highest BCUT2D eigenvalue weighted by Crippen LogP contribution is 2.44. The van der Waals surface area contributed by atoms with Crippen molar-refractivity contribution in [3.05, 3.63) is 61.8 Å². The molecule has 0 fully saturated rings. The molecule has 8 nitrogen and oxygen atoms in total. The van der Waals surface area contributed by atoms with Gasteiger partial charge in [0.25, 0.3) is 5.01 Å². The number of ether oxygens (including phenoxy) is 1. The lowest BCUT2D eigenvalue weighted by Gasteiger charge is -2.04. The van der Waals surface area contributed by atoms with Gasteiger partial charge in [0.05, 0.1) is 22.1 Å². The van der Waals surface area contributed by atoms with Crippen molar-refractivity contribution in [3.8, 4) is 5.75 Å². The number of carbonyl (C=O) groups is 1. The second-order valence-corrected chi connectivity index (χ2v) is 8.20. The molecule has 0 saturated heterocycles. The molecule has 144 valence electrons. The van der Waals surface area contributed by atoms with E-state index in [0.717, 1.165) is 23.1 Å². The Morgan fingerprint density at radius 2 is 2.04 bits per heavy atom. The molecular weight excluding hydrogens is 447 g/mol. The number of nitro groups is 1. The van der Waals surface area contributed by atoms with Gasteiger partial charge in [-0.3, -0.25) is 9.78 Å². The summed E-state index contributed by atoms with van der Waals surface area (Å²) in [5.74, 6) is -0.476. The number of aromatic nitrogens is 2. The van der Waals surface area contributed by atoms with Crippen molar-refractivity contribution in [1.82, 2.24) is 9.97 Å². The summed E-state index contributed by atoms with van der Waals surface area (Å²) in [6.07, 6.45) is 2.75. The van der Waals surface area contributed by atoms with E-state index in [1.807, 2.05) is 0 Å². The second kappa shape index (κ2) is 8.74. The minimum absolute atomic E-state index is 0.0710.